The predicted molar refractivity (Wildman–Crippen MR) is 78.8 cm³/mol. The SMILES string of the molecule is CNc1snnc1CN(C)Cc1cccc(Br)c1. The number of hydrogen-bond acceptors (Lipinski definition) is 5. The normalized spacial score (nSPS) is 10.9. The molecule has 0 aliphatic carbocycles. The van der Waals surface area contributed by atoms with Gasteiger partial charge >= 0.3 is 0 Å². The summed E-state index contributed by atoms with van der Waals surface area (Å²) in [5.74, 6) is 0. The Balaban J connectivity index is 1.98. The van der Waals surface area contributed by atoms with Gasteiger partial charge in [-0.2, -0.15) is 0 Å². The molecule has 96 valence electrons. The van der Waals surface area contributed by atoms with Crippen molar-refractivity contribution in [3.05, 3.63) is 40.0 Å². The number of nitrogens with zero attached hydrogens (tertiary/aromatic N) is 3. The van der Waals surface area contributed by atoms with Gasteiger partial charge < -0.3 is 5.32 Å². The molecule has 0 fully saturated rings. The molecule has 0 amide bonds. The van der Waals surface area contributed by atoms with Gasteiger partial charge in [-0.25, -0.2) is 0 Å². The van der Waals surface area contributed by atoms with E-state index >= 15 is 0 Å². The maximum atomic E-state index is 4.14. The smallest absolute Gasteiger partial charge is 0.134 e. The standard InChI is InChI=1S/C12H15BrN4S/c1-14-12-11(15-16-18-12)8-17(2)7-9-4-3-5-10(13)6-9/h3-6,14H,7-8H2,1-2H3. The summed E-state index contributed by atoms with van der Waals surface area (Å²) in [6.45, 7) is 1.68. The van der Waals surface area contributed by atoms with Gasteiger partial charge in [0.05, 0.1) is 0 Å². The average Bonchev–Trinajstić information content (AvgIpc) is 2.76. The van der Waals surface area contributed by atoms with Gasteiger partial charge in [-0.05, 0) is 24.7 Å². The van der Waals surface area contributed by atoms with Crippen LogP contribution in [0.3, 0.4) is 0 Å². The van der Waals surface area contributed by atoms with Crippen LogP contribution < -0.4 is 5.32 Å². The van der Waals surface area contributed by atoms with Crippen LogP contribution in [0.1, 0.15) is 11.3 Å². The fourth-order valence-corrected chi connectivity index (χ4v) is 2.73. The van der Waals surface area contributed by atoms with Gasteiger partial charge in [-0.3, -0.25) is 4.90 Å². The number of rotatable bonds is 5. The van der Waals surface area contributed by atoms with Crippen molar-refractivity contribution < 1.29 is 0 Å². The Morgan fingerprint density at radius 3 is 2.94 bits per heavy atom. The first kappa shape index (κ1) is 13.5. The summed E-state index contributed by atoms with van der Waals surface area (Å²) in [6.07, 6.45) is 0. The van der Waals surface area contributed by atoms with Gasteiger partial charge in [0, 0.05) is 36.1 Å². The zero-order valence-electron chi connectivity index (χ0n) is 10.4. The van der Waals surface area contributed by atoms with Gasteiger partial charge in [0.1, 0.15) is 10.7 Å². The van der Waals surface area contributed by atoms with Crippen LogP contribution in [0.5, 0.6) is 0 Å². The van der Waals surface area contributed by atoms with Crippen molar-refractivity contribution >= 4 is 32.5 Å². The summed E-state index contributed by atoms with van der Waals surface area (Å²) in [6, 6.07) is 8.35. The van der Waals surface area contributed by atoms with Crippen LogP contribution >= 0.6 is 27.5 Å². The molecular formula is C12H15BrN4S. The predicted octanol–water partition coefficient (Wildman–Crippen LogP) is 2.97. The summed E-state index contributed by atoms with van der Waals surface area (Å²) in [7, 11) is 3.98. The van der Waals surface area contributed by atoms with E-state index in [0.717, 1.165) is 28.3 Å². The Morgan fingerprint density at radius 2 is 2.22 bits per heavy atom. The van der Waals surface area contributed by atoms with Crippen molar-refractivity contribution in [3.63, 3.8) is 0 Å². The molecule has 0 atom stereocenters. The van der Waals surface area contributed by atoms with Crippen molar-refractivity contribution in [2.75, 3.05) is 19.4 Å². The first-order valence-corrected chi connectivity index (χ1v) is 7.17. The first-order chi connectivity index (χ1) is 8.69. The largest absolute Gasteiger partial charge is 0.377 e. The fraction of sp³-hybridized carbons (Fsp3) is 0.333. The fourth-order valence-electron chi connectivity index (χ4n) is 1.76. The van der Waals surface area contributed by atoms with E-state index < -0.39 is 0 Å². The average molecular weight is 327 g/mol. The number of halogens is 1. The van der Waals surface area contributed by atoms with Gasteiger partial charge in [0.15, 0.2) is 0 Å². The van der Waals surface area contributed by atoms with Crippen LogP contribution in [0, 0.1) is 0 Å². The highest BCUT2D eigenvalue weighted by molar-refractivity contribution is 9.10. The second-order valence-corrected chi connectivity index (χ2v) is 5.77. The van der Waals surface area contributed by atoms with Crippen LogP contribution in [0.15, 0.2) is 28.7 Å². The third-order valence-corrected chi connectivity index (χ3v) is 3.82. The van der Waals surface area contributed by atoms with E-state index in [9.17, 15) is 0 Å². The van der Waals surface area contributed by atoms with Crippen LogP contribution in [0.4, 0.5) is 5.00 Å². The molecule has 1 aromatic carbocycles. The zero-order valence-corrected chi connectivity index (χ0v) is 12.8. The topological polar surface area (TPSA) is 41.1 Å². The molecule has 0 unspecified atom stereocenters. The van der Waals surface area contributed by atoms with Crippen LogP contribution in [-0.4, -0.2) is 28.6 Å². The van der Waals surface area contributed by atoms with E-state index in [1.54, 1.807) is 0 Å². The summed E-state index contributed by atoms with van der Waals surface area (Å²) >= 11 is 4.88. The van der Waals surface area contributed by atoms with Crippen molar-refractivity contribution in [2.45, 2.75) is 13.1 Å². The second kappa shape index (κ2) is 6.26. The van der Waals surface area contributed by atoms with E-state index in [4.69, 9.17) is 0 Å². The van der Waals surface area contributed by atoms with Gasteiger partial charge in [-0.15, -0.1) is 5.10 Å². The second-order valence-electron chi connectivity index (χ2n) is 4.10. The Labute approximate surface area is 119 Å². The van der Waals surface area contributed by atoms with Crippen LogP contribution in [0.2, 0.25) is 0 Å². The molecule has 0 aliphatic heterocycles. The highest BCUT2D eigenvalue weighted by Gasteiger charge is 2.09. The van der Waals surface area contributed by atoms with Crippen molar-refractivity contribution in [1.29, 1.82) is 0 Å². The summed E-state index contributed by atoms with van der Waals surface area (Å²) < 4.78 is 5.07. The zero-order chi connectivity index (χ0) is 13.0. The molecule has 1 aromatic heterocycles. The summed E-state index contributed by atoms with van der Waals surface area (Å²) in [5, 5.41) is 8.29. The Hall–Kier alpha value is -0.980. The van der Waals surface area contributed by atoms with E-state index in [1.165, 1.54) is 17.1 Å². The minimum Gasteiger partial charge on any atom is -0.377 e. The molecule has 0 saturated heterocycles. The molecular weight excluding hydrogens is 312 g/mol. The molecule has 0 spiro atoms. The molecule has 0 radical (unpaired) electrons. The maximum Gasteiger partial charge on any atom is 0.134 e. The van der Waals surface area contributed by atoms with E-state index in [1.807, 2.05) is 13.1 Å². The molecule has 6 heteroatoms. The van der Waals surface area contributed by atoms with Gasteiger partial charge in [0.25, 0.3) is 0 Å². The van der Waals surface area contributed by atoms with Crippen molar-refractivity contribution in [2.24, 2.45) is 0 Å². The van der Waals surface area contributed by atoms with Crippen molar-refractivity contribution in [3.8, 4) is 0 Å². The Bertz CT molecular complexity index is 514. The number of nitrogens with one attached hydrogen (secondary N) is 1. The molecule has 2 rings (SSSR count). The number of aromatic nitrogens is 2. The first-order valence-electron chi connectivity index (χ1n) is 5.61. The molecule has 0 aliphatic rings. The summed E-state index contributed by atoms with van der Waals surface area (Å²) in [5.41, 5.74) is 2.28. The molecule has 4 nitrogen and oxygen atoms in total. The lowest BCUT2D eigenvalue weighted by atomic mass is 10.2. The molecule has 1 heterocycles. The van der Waals surface area contributed by atoms with Gasteiger partial charge in [-0.1, -0.05) is 32.6 Å². The monoisotopic (exact) mass is 326 g/mol. The van der Waals surface area contributed by atoms with Crippen molar-refractivity contribution in [1.82, 2.24) is 14.5 Å². The minimum absolute atomic E-state index is 0.791. The third kappa shape index (κ3) is 3.51. The van der Waals surface area contributed by atoms with E-state index in [-0.39, 0.29) is 0 Å². The quantitative estimate of drug-likeness (QED) is 0.917. The molecule has 0 bridgehead atoms. The maximum absolute atomic E-state index is 4.14. The van der Waals surface area contributed by atoms with E-state index in [2.05, 4.69) is 61.0 Å². The summed E-state index contributed by atoms with van der Waals surface area (Å²) in [4.78, 5) is 2.22. The third-order valence-electron chi connectivity index (χ3n) is 2.54. The highest BCUT2D eigenvalue weighted by Crippen LogP contribution is 2.19. The van der Waals surface area contributed by atoms with Gasteiger partial charge in [0.2, 0.25) is 0 Å². The number of anilines is 1. The lowest BCUT2D eigenvalue weighted by Gasteiger charge is -2.16. The lowest BCUT2D eigenvalue weighted by Crippen LogP contribution is -2.18. The minimum atomic E-state index is 0.791. The number of benzene rings is 1. The Morgan fingerprint density at radius 1 is 1.39 bits per heavy atom. The molecule has 1 N–H and O–H groups in total. The highest BCUT2D eigenvalue weighted by atomic mass is 79.9. The van der Waals surface area contributed by atoms with Crippen LogP contribution in [-0.2, 0) is 13.1 Å². The van der Waals surface area contributed by atoms with E-state index in [0.29, 0.717) is 0 Å². The molecule has 2 aromatic rings. The van der Waals surface area contributed by atoms with Crippen LogP contribution in [0.25, 0.3) is 0 Å². The molecule has 18 heavy (non-hydrogen) atoms. The molecule has 0 saturated carbocycles. The number of hydrogen-bond donors (Lipinski definition) is 1. The Kier molecular flexibility index (Phi) is 4.68. The lowest BCUT2D eigenvalue weighted by molar-refractivity contribution is 0.315.